The lowest BCUT2D eigenvalue weighted by molar-refractivity contribution is 0.0695. The average molecular weight is 274 g/mol. The van der Waals surface area contributed by atoms with Crippen molar-refractivity contribution < 1.29 is 19.4 Å². The topological polar surface area (TPSA) is 71.9 Å². The average Bonchev–Trinajstić information content (AvgIpc) is 2.81. The van der Waals surface area contributed by atoms with Crippen molar-refractivity contribution in [2.45, 2.75) is 6.54 Å². The SMILES string of the molecule is COCCN(CCOC)Cc1csc(C(=O)O)n1. The van der Waals surface area contributed by atoms with Gasteiger partial charge >= 0.3 is 5.97 Å². The Morgan fingerprint density at radius 3 is 2.44 bits per heavy atom. The van der Waals surface area contributed by atoms with Crippen molar-refractivity contribution in [3.63, 3.8) is 0 Å². The fourth-order valence-corrected chi connectivity index (χ4v) is 2.06. The Kier molecular flexibility index (Phi) is 6.81. The molecule has 102 valence electrons. The summed E-state index contributed by atoms with van der Waals surface area (Å²) in [4.78, 5) is 16.9. The second-order valence-corrected chi connectivity index (χ2v) is 4.57. The number of hydrogen-bond donors (Lipinski definition) is 1. The second-order valence-electron chi connectivity index (χ2n) is 3.71. The predicted octanol–water partition coefficient (Wildman–Crippen LogP) is 0.936. The van der Waals surface area contributed by atoms with Crippen LogP contribution in [0.3, 0.4) is 0 Å². The van der Waals surface area contributed by atoms with Crippen LogP contribution in [0.4, 0.5) is 0 Å². The maximum absolute atomic E-state index is 10.7. The Morgan fingerprint density at radius 1 is 1.39 bits per heavy atom. The van der Waals surface area contributed by atoms with Crippen LogP contribution in [0.2, 0.25) is 0 Å². The van der Waals surface area contributed by atoms with Gasteiger partial charge in [-0.15, -0.1) is 11.3 Å². The molecule has 0 aliphatic carbocycles. The Labute approximate surface area is 110 Å². The largest absolute Gasteiger partial charge is 0.476 e. The van der Waals surface area contributed by atoms with E-state index < -0.39 is 5.97 Å². The molecule has 0 atom stereocenters. The number of ether oxygens (including phenoxy) is 2. The lowest BCUT2D eigenvalue weighted by Gasteiger charge is -2.20. The molecular weight excluding hydrogens is 256 g/mol. The zero-order chi connectivity index (χ0) is 13.4. The lowest BCUT2D eigenvalue weighted by atomic mass is 10.4. The number of carboxylic acid groups (broad SMARTS) is 1. The molecule has 0 bridgehead atoms. The van der Waals surface area contributed by atoms with Crippen LogP contribution in [-0.2, 0) is 16.0 Å². The van der Waals surface area contributed by atoms with Crippen molar-refractivity contribution in [3.05, 3.63) is 16.1 Å². The van der Waals surface area contributed by atoms with Gasteiger partial charge in [0.2, 0.25) is 5.01 Å². The molecule has 0 spiro atoms. The van der Waals surface area contributed by atoms with Gasteiger partial charge in [0.1, 0.15) is 0 Å². The number of hydrogen-bond acceptors (Lipinski definition) is 6. The summed E-state index contributed by atoms with van der Waals surface area (Å²) < 4.78 is 10.1. The van der Waals surface area contributed by atoms with Gasteiger partial charge < -0.3 is 14.6 Å². The Hall–Kier alpha value is -1.02. The predicted molar refractivity (Wildman–Crippen MR) is 68.1 cm³/mol. The van der Waals surface area contributed by atoms with Crippen molar-refractivity contribution in [1.82, 2.24) is 9.88 Å². The molecule has 0 aliphatic rings. The molecule has 0 aliphatic heterocycles. The first-order valence-electron chi connectivity index (χ1n) is 5.55. The van der Waals surface area contributed by atoms with Gasteiger partial charge in [0.05, 0.1) is 18.9 Å². The minimum atomic E-state index is -0.980. The number of nitrogens with zero attached hydrogens (tertiary/aromatic N) is 2. The highest BCUT2D eigenvalue weighted by Gasteiger charge is 2.12. The molecular formula is C11H18N2O4S. The number of aromatic nitrogens is 1. The number of carbonyl (C=O) groups is 1. The minimum Gasteiger partial charge on any atom is -0.476 e. The number of aromatic carboxylic acids is 1. The first-order valence-corrected chi connectivity index (χ1v) is 6.43. The lowest BCUT2D eigenvalue weighted by Crippen LogP contribution is -2.30. The van der Waals surface area contributed by atoms with Crippen molar-refractivity contribution in [3.8, 4) is 0 Å². The van der Waals surface area contributed by atoms with Gasteiger partial charge in [0.15, 0.2) is 0 Å². The third kappa shape index (κ3) is 5.09. The molecule has 6 nitrogen and oxygen atoms in total. The standard InChI is InChI=1S/C11H18N2O4S/c1-16-5-3-13(4-6-17-2)7-9-8-18-10(12-9)11(14)15/h8H,3-7H2,1-2H3,(H,14,15). The van der Waals surface area contributed by atoms with E-state index in [0.717, 1.165) is 30.1 Å². The monoisotopic (exact) mass is 274 g/mol. The van der Waals surface area contributed by atoms with E-state index in [9.17, 15) is 4.79 Å². The molecule has 0 saturated carbocycles. The zero-order valence-electron chi connectivity index (χ0n) is 10.6. The van der Waals surface area contributed by atoms with E-state index in [1.807, 2.05) is 0 Å². The van der Waals surface area contributed by atoms with Crippen LogP contribution in [0.5, 0.6) is 0 Å². The molecule has 1 N–H and O–H groups in total. The molecule has 0 fully saturated rings. The Morgan fingerprint density at radius 2 is 2.00 bits per heavy atom. The Balaban J connectivity index is 2.54. The van der Waals surface area contributed by atoms with Gasteiger partial charge in [-0.25, -0.2) is 9.78 Å². The summed E-state index contributed by atoms with van der Waals surface area (Å²) >= 11 is 1.15. The molecule has 18 heavy (non-hydrogen) atoms. The second kappa shape index (κ2) is 8.15. The van der Waals surface area contributed by atoms with E-state index in [4.69, 9.17) is 14.6 Å². The van der Waals surface area contributed by atoms with E-state index in [1.54, 1.807) is 19.6 Å². The van der Waals surface area contributed by atoms with Crippen molar-refractivity contribution in [2.24, 2.45) is 0 Å². The molecule has 1 rings (SSSR count). The smallest absolute Gasteiger partial charge is 0.365 e. The van der Waals surface area contributed by atoms with Crippen LogP contribution in [0, 0.1) is 0 Å². The van der Waals surface area contributed by atoms with E-state index >= 15 is 0 Å². The van der Waals surface area contributed by atoms with E-state index in [1.165, 1.54) is 0 Å². The highest BCUT2D eigenvalue weighted by molar-refractivity contribution is 7.11. The number of rotatable bonds is 9. The van der Waals surface area contributed by atoms with Crippen LogP contribution in [-0.4, -0.2) is 61.5 Å². The highest BCUT2D eigenvalue weighted by Crippen LogP contribution is 2.11. The summed E-state index contributed by atoms with van der Waals surface area (Å²) in [5, 5.41) is 10.7. The van der Waals surface area contributed by atoms with Gasteiger partial charge in [-0.05, 0) is 0 Å². The molecule has 0 radical (unpaired) electrons. The molecule has 1 aromatic heterocycles. The third-order valence-corrected chi connectivity index (χ3v) is 3.22. The fraction of sp³-hybridized carbons (Fsp3) is 0.636. The molecule has 0 amide bonds. The van der Waals surface area contributed by atoms with Crippen LogP contribution in [0.1, 0.15) is 15.5 Å². The maximum atomic E-state index is 10.7. The minimum absolute atomic E-state index is 0.128. The highest BCUT2D eigenvalue weighted by atomic mass is 32.1. The fourth-order valence-electron chi connectivity index (χ4n) is 1.42. The number of carboxylic acids is 1. The van der Waals surface area contributed by atoms with Crippen LogP contribution in [0.25, 0.3) is 0 Å². The van der Waals surface area contributed by atoms with E-state index in [-0.39, 0.29) is 5.01 Å². The van der Waals surface area contributed by atoms with Gasteiger partial charge in [-0.1, -0.05) is 0 Å². The number of thiazole rings is 1. The van der Waals surface area contributed by atoms with Gasteiger partial charge in [0.25, 0.3) is 0 Å². The molecule has 7 heteroatoms. The van der Waals surface area contributed by atoms with Crippen LogP contribution < -0.4 is 0 Å². The molecule has 1 aromatic rings. The van der Waals surface area contributed by atoms with E-state index in [2.05, 4.69) is 9.88 Å². The summed E-state index contributed by atoms with van der Waals surface area (Å²) in [6, 6.07) is 0. The normalized spacial score (nSPS) is 11.1. The zero-order valence-corrected chi connectivity index (χ0v) is 11.4. The maximum Gasteiger partial charge on any atom is 0.365 e. The molecule has 0 aromatic carbocycles. The third-order valence-electron chi connectivity index (χ3n) is 2.34. The molecule has 1 heterocycles. The van der Waals surface area contributed by atoms with Crippen molar-refractivity contribution in [1.29, 1.82) is 0 Å². The molecule has 0 unspecified atom stereocenters. The summed E-state index contributed by atoms with van der Waals surface area (Å²) in [5.74, 6) is -0.980. The van der Waals surface area contributed by atoms with Gasteiger partial charge in [-0.3, -0.25) is 4.90 Å². The first-order chi connectivity index (χ1) is 8.67. The van der Waals surface area contributed by atoms with Crippen LogP contribution >= 0.6 is 11.3 Å². The van der Waals surface area contributed by atoms with Crippen molar-refractivity contribution >= 4 is 17.3 Å². The summed E-state index contributed by atoms with van der Waals surface area (Å²) in [6.45, 7) is 3.38. The van der Waals surface area contributed by atoms with Crippen molar-refractivity contribution in [2.75, 3.05) is 40.5 Å². The summed E-state index contributed by atoms with van der Waals surface area (Å²) in [6.07, 6.45) is 0. The van der Waals surface area contributed by atoms with Gasteiger partial charge in [0, 0.05) is 39.2 Å². The van der Waals surface area contributed by atoms with E-state index in [0.29, 0.717) is 19.8 Å². The number of methoxy groups -OCH3 is 2. The Bertz CT molecular complexity index is 362. The van der Waals surface area contributed by atoms with Crippen LogP contribution in [0.15, 0.2) is 5.38 Å². The first kappa shape index (κ1) is 15.0. The quantitative estimate of drug-likeness (QED) is 0.722. The molecule has 0 saturated heterocycles. The summed E-state index contributed by atoms with van der Waals surface area (Å²) in [5.41, 5.74) is 0.768. The van der Waals surface area contributed by atoms with Gasteiger partial charge in [-0.2, -0.15) is 0 Å². The summed E-state index contributed by atoms with van der Waals surface area (Å²) in [7, 11) is 3.31.